The Morgan fingerprint density at radius 1 is 1.33 bits per heavy atom. The highest BCUT2D eigenvalue weighted by Crippen LogP contribution is 2.31. The van der Waals surface area contributed by atoms with Crippen LogP contribution in [0, 0.1) is 0 Å². The second-order valence-electron chi connectivity index (χ2n) is 5.82. The summed E-state index contributed by atoms with van der Waals surface area (Å²) < 4.78 is 27.5. The molecule has 0 spiro atoms. The van der Waals surface area contributed by atoms with E-state index in [0.717, 1.165) is 4.88 Å². The average molecular weight is 349 g/mol. The minimum absolute atomic E-state index is 0.342. The standard InChI is InChI=1S/C14H24N2O2S3/c1-10(2)15-7-13-14(5-6-19-13)21(17,18)16-8-11(3)20-12(4)9-16/h5-6,10-12,15H,7-9H2,1-4H3. The Hall–Kier alpha value is -0.0800. The third kappa shape index (κ3) is 4.22. The van der Waals surface area contributed by atoms with Crippen molar-refractivity contribution in [3.63, 3.8) is 0 Å². The van der Waals surface area contributed by atoms with E-state index in [9.17, 15) is 8.42 Å². The van der Waals surface area contributed by atoms with Crippen molar-refractivity contribution in [3.8, 4) is 0 Å². The molecule has 1 aromatic heterocycles. The predicted molar refractivity (Wildman–Crippen MR) is 91.6 cm³/mol. The van der Waals surface area contributed by atoms with Crippen molar-refractivity contribution in [1.29, 1.82) is 0 Å². The molecule has 0 aromatic carbocycles. The summed E-state index contributed by atoms with van der Waals surface area (Å²) in [6.07, 6.45) is 0. The molecule has 21 heavy (non-hydrogen) atoms. The third-order valence-electron chi connectivity index (χ3n) is 3.38. The van der Waals surface area contributed by atoms with E-state index in [4.69, 9.17) is 0 Å². The molecule has 2 atom stereocenters. The van der Waals surface area contributed by atoms with Gasteiger partial charge in [-0.05, 0) is 11.4 Å². The van der Waals surface area contributed by atoms with Gasteiger partial charge in [-0.3, -0.25) is 0 Å². The van der Waals surface area contributed by atoms with Gasteiger partial charge >= 0.3 is 0 Å². The smallest absolute Gasteiger partial charge is 0.244 e. The number of nitrogens with zero attached hydrogens (tertiary/aromatic N) is 1. The number of nitrogens with one attached hydrogen (secondary N) is 1. The summed E-state index contributed by atoms with van der Waals surface area (Å²) in [5, 5.41) is 5.87. The van der Waals surface area contributed by atoms with E-state index in [0.29, 0.717) is 41.1 Å². The first kappa shape index (κ1) is 17.3. The molecular weight excluding hydrogens is 324 g/mol. The van der Waals surface area contributed by atoms with Crippen LogP contribution in [0.5, 0.6) is 0 Å². The fourth-order valence-electron chi connectivity index (χ4n) is 2.45. The lowest BCUT2D eigenvalue weighted by molar-refractivity contribution is 0.404. The van der Waals surface area contributed by atoms with Crippen LogP contribution in [0.4, 0.5) is 0 Å². The second-order valence-corrected chi connectivity index (χ2v) is 10.6. The van der Waals surface area contributed by atoms with Gasteiger partial charge in [-0.1, -0.05) is 27.7 Å². The van der Waals surface area contributed by atoms with Crippen LogP contribution in [0.15, 0.2) is 16.3 Å². The topological polar surface area (TPSA) is 49.4 Å². The van der Waals surface area contributed by atoms with Crippen LogP contribution in [-0.2, 0) is 16.6 Å². The Kier molecular flexibility index (Phi) is 5.76. The van der Waals surface area contributed by atoms with Gasteiger partial charge < -0.3 is 5.32 Å². The van der Waals surface area contributed by atoms with Gasteiger partial charge in [0.15, 0.2) is 0 Å². The molecule has 2 unspecified atom stereocenters. The SMILES string of the molecule is CC(C)NCc1sccc1S(=O)(=O)N1CC(C)SC(C)C1. The molecule has 0 bridgehead atoms. The molecule has 1 fully saturated rings. The van der Waals surface area contributed by atoms with Crippen molar-refractivity contribution in [1.82, 2.24) is 9.62 Å². The van der Waals surface area contributed by atoms with Gasteiger partial charge in [0, 0.05) is 41.1 Å². The molecule has 0 amide bonds. The maximum absolute atomic E-state index is 12.9. The van der Waals surface area contributed by atoms with Crippen molar-refractivity contribution in [2.24, 2.45) is 0 Å². The number of thiophene rings is 1. The maximum atomic E-state index is 12.9. The molecule has 1 aliphatic rings. The van der Waals surface area contributed by atoms with E-state index in [-0.39, 0.29) is 0 Å². The molecule has 1 aromatic rings. The molecule has 1 saturated heterocycles. The second kappa shape index (κ2) is 7.00. The van der Waals surface area contributed by atoms with Crippen molar-refractivity contribution in [2.45, 2.75) is 55.7 Å². The molecule has 7 heteroatoms. The molecule has 1 aliphatic heterocycles. The number of hydrogen-bond acceptors (Lipinski definition) is 5. The lowest BCUT2D eigenvalue weighted by Crippen LogP contribution is -2.44. The molecule has 0 saturated carbocycles. The van der Waals surface area contributed by atoms with Crippen LogP contribution >= 0.6 is 23.1 Å². The summed E-state index contributed by atoms with van der Waals surface area (Å²) in [7, 11) is -3.37. The van der Waals surface area contributed by atoms with Crippen molar-refractivity contribution >= 4 is 33.1 Å². The fraction of sp³-hybridized carbons (Fsp3) is 0.714. The first-order chi connectivity index (χ1) is 9.80. The van der Waals surface area contributed by atoms with Gasteiger partial charge in [0.1, 0.15) is 0 Å². The zero-order valence-electron chi connectivity index (χ0n) is 13.0. The Balaban J connectivity index is 2.21. The summed E-state index contributed by atoms with van der Waals surface area (Å²) in [4.78, 5) is 1.38. The van der Waals surface area contributed by atoms with Crippen molar-refractivity contribution in [3.05, 3.63) is 16.3 Å². The Morgan fingerprint density at radius 3 is 2.52 bits per heavy atom. The molecular formula is C14H24N2O2S3. The zero-order chi connectivity index (χ0) is 15.6. The largest absolute Gasteiger partial charge is 0.310 e. The quantitative estimate of drug-likeness (QED) is 0.889. The maximum Gasteiger partial charge on any atom is 0.244 e. The van der Waals surface area contributed by atoms with Gasteiger partial charge in [0.2, 0.25) is 10.0 Å². The highest BCUT2D eigenvalue weighted by Gasteiger charge is 2.33. The average Bonchev–Trinajstić information content (AvgIpc) is 2.84. The lowest BCUT2D eigenvalue weighted by atomic mass is 10.4. The Bertz CT molecular complexity index is 559. The van der Waals surface area contributed by atoms with E-state index in [2.05, 4.69) is 33.0 Å². The van der Waals surface area contributed by atoms with E-state index in [1.807, 2.05) is 17.1 Å². The molecule has 1 N–H and O–H groups in total. The summed E-state index contributed by atoms with van der Waals surface area (Å²) in [6, 6.07) is 2.09. The summed E-state index contributed by atoms with van der Waals surface area (Å²) in [5.74, 6) is 0. The Labute approximate surface area is 136 Å². The van der Waals surface area contributed by atoms with Crippen LogP contribution in [0.1, 0.15) is 32.6 Å². The zero-order valence-corrected chi connectivity index (χ0v) is 15.4. The van der Waals surface area contributed by atoms with Crippen LogP contribution < -0.4 is 5.32 Å². The van der Waals surface area contributed by atoms with Crippen molar-refractivity contribution < 1.29 is 8.42 Å². The van der Waals surface area contributed by atoms with Gasteiger partial charge in [-0.15, -0.1) is 11.3 Å². The van der Waals surface area contributed by atoms with E-state index >= 15 is 0 Å². The summed E-state index contributed by atoms with van der Waals surface area (Å²) in [5.41, 5.74) is 0. The summed E-state index contributed by atoms with van der Waals surface area (Å²) >= 11 is 3.37. The van der Waals surface area contributed by atoms with Gasteiger partial charge in [-0.25, -0.2) is 8.42 Å². The summed E-state index contributed by atoms with van der Waals surface area (Å²) in [6.45, 7) is 10.1. The molecule has 120 valence electrons. The van der Waals surface area contributed by atoms with Crippen LogP contribution in [0.3, 0.4) is 0 Å². The monoisotopic (exact) mass is 348 g/mol. The minimum atomic E-state index is -3.37. The van der Waals surface area contributed by atoms with Crippen LogP contribution in [-0.4, -0.2) is 42.4 Å². The predicted octanol–water partition coefficient (Wildman–Crippen LogP) is 2.76. The number of sulfonamides is 1. The fourth-order valence-corrected chi connectivity index (χ4v) is 6.95. The normalized spacial score (nSPS) is 24.6. The highest BCUT2D eigenvalue weighted by molar-refractivity contribution is 8.00. The van der Waals surface area contributed by atoms with E-state index in [1.165, 1.54) is 11.3 Å². The molecule has 0 aliphatic carbocycles. The van der Waals surface area contributed by atoms with E-state index < -0.39 is 10.0 Å². The lowest BCUT2D eigenvalue weighted by Gasteiger charge is -2.33. The van der Waals surface area contributed by atoms with Gasteiger partial charge in [0.05, 0.1) is 4.90 Å². The number of thioether (sulfide) groups is 1. The molecule has 2 rings (SSSR count). The van der Waals surface area contributed by atoms with E-state index in [1.54, 1.807) is 10.4 Å². The number of hydrogen-bond donors (Lipinski definition) is 1. The van der Waals surface area contributed by atoms with Gasteiger partial charge in [-0.2, -0.15) is 16.1 Å². The van der Waals surface area contributed by atoms with Crippen LogP contribution in [0.2, 0.25) is 0 Å². The Morgan fingerprint density at radius 2 is 1.95 bits per heavy atom. The molecule has 0 radical (unpaired) electrons. The number of rotatable bonds is 5. The first-order valence-electron chi connectivity index (χ1n) is 7.26. The molecule has 2 heterocycles. The first-order valence-corrected chi connectivity index (χ1v) is 10.5. The highest BCUT2D eigenvalue weighted by atomic mass is 32.2. The minimum Gasteiger partial charge on any atom is -0.310 e. The third-order valence-corrected chi connectivity index (χ3v) is 7.57. The van der Waals surface area contributed by atoms with Crippen LogP contribution in [0.25, 0.3) is 0 Å². The van der Waals surface area contributed by atoms with Crippen molar-refractivity contribution in [2.75, 3.05) is 13.1 Å². The van der Waals surface area contributed by atoms with Gasteiger partial charge in [0.25, 0.3) is 0 Å². The molecule has 4 nitrogen and oxygen atoms in total.